The maximum absolute atomic E-state index is 11.7. The zero-order valence-corrected chi connectivity index (χ0v) is 12.6. The number of carbonyl (C=O) groups is 1. The highest BCUT2D eigenvalue weighted by molar-refractivity contribution is 5.85. The summed E-state index contributed by atoms with van der Waals surface area (Å²) in [6.07, 6.45) is -0.535. The lowest BCUT2D eigenvalue weighted by molar-refractivity contribution is 0.0636. The first-order chi connectivity index (χ1) is 9.76. The molecule has 0 saturated carbocycles. The molecule has 0 saturated heterocycles. The Morgan fingerprint density at radius 2 is 2.19 bits per heavy atom. The molecule has 0 heterocycles. The molecule has 0 bridgehead atoms. The van der Waals surface area contributed by atoms with Crippen molar-refractivity contribution in [3.63, 3.8) is 0 Å². The summed E-state index contributed by atoms with van der Waals surface area (Å²) in [4.78, 5) is 14.4. The van der Waals surface area contributed by atoms with Gasteiger partial charge in [0.05, 0.1) is 12.6 Å². The van der Waals surface area contributed by atoms with Crippen LogP contribution < -0.4 is 5.32 Å². The lowest BCUT2D eigenvalue weighted by Crippen LogP contribution is -2.27. The minimum absolute atomic E-state index is 0.275. The highest BCUT2D eigenvalue weighted by Gasteiger charge is 2.17. The number of nitrogens with one attached hydrogen (secondary N) is 1. The van der Waals surface area contributed by atoms with Gasteiger partial charge in [-0.05, 0) is 50.4 Å². The van der Waals surface area contributed by atoms with Crippen LogP contribution in [0.3, 0.4) is 0 Å². The number of anilines is 1. The minimum Gasteiger partial charge on any atom is -0.444 e. The Kier molecular flexibility index (Phi) is 5.58. The number of nitrogens with zero attached hydrogens (tertiary/aromatic N) is 3. The van der Waals surface area contributed by atoms with Gasteiger partial charge in [0.15, 0.2) is 0 Å². The maximum Gasteiger partial charge on any atom is 0.412 e. The van der Waals surface area contributed by atoms with E-state index in [0.29, 0.717) is 11.3 Å². The largest absolute Gasteiger partial charge is 0.444 e. The van der Waals surface area contributed by atoms with Crippen molar-refractivity contribution in [1.29, 1.82) is 0 Å². The van der Waals surface area contributed by atoms with Gasteiger partial charge in [0.1, 0.15) is 5.60 Å². The molecule has 1 atom stereocenters. The van der Waals surface area contributed by atoms with Crippen molar-refractivity contribution in [2.45, 2.75) is 39.3 Å². The van der Waals surface area contributed by atoms with Crippen molar-refractivity contribution in [1.82, 2.24) is 0 Å². The number of aliphatic hydroxyl groups excluding tert-OH is 1. The lowest BCUT2D eigenvalue weighted by Gasteiger charge is -2.20. The number of azide groups is 1. The van der Waals surface area contributed by atoms with Crippen molar-refractivity contribution in [2.24, 2.45) is 5.11 Å². The fourth-order valence-corrected chi connectivity index (χ4v) is 1.72. The van der Waals surface area contributed by atoms with Crippen LogP contribution in [0.2, 0.25) is 0 Å². The number of carbonyl (C=O) groups excluding carboxylic acids is 1. The van der Waals surface area contributed by atoms with Crippen molar-refractivity contribution in [3.8, 4) is 0 Å². The molecule has 1 aromatic carbocycles. The highest BCUT2D eigenvalue weighted by Crippen LogP contribution is 2.23. The summed E-state index contributed by atoms with van der Waals surface area (Å²) in [7, 11) is 0. The van der Waals surface area contributed by atoms with Gasteiger partial charge in [-0.25, -0.2) is 4.79 Å². The molecule has 0 spiro atoms. The van der Waals surface area contributed by atoms with Crippen molar-refractivity contribution in [2.75, 3.05) is 11.9 Å². The predicted octanol–water partition coefficient (Wildman–Crippen LogP) is 3.69. The average Bonchev–Trinajstić information content (AvgIpc) is 2.36. The monoisotopic (exact) mass is 292 g/mol. The zero-order valence-electron chi connectivity index (χ0n) is 12.6. The molecule has 0 radical (unpaired) electrons. The third-order valence-corrected chi connectivity index (χ3v) is 2.63. The second-order valence-electron chi connectivity index (χ2n) is 5.60. The Morgan fingerprint density at radius 1 is 1.52 bits per heavy atom. The van der Waals surface area contributed by atoms with E-state index in [4.69, 9.17) is 10.3 Å². The van der Waals surface area contributed by atoms with Gasteiger partial charge in [-0.3, -0.25) is 5.32 Å². The van der Waals surface area contributed by atoms with Crippen LogP contribution in [0.15, 0.2) is 23.3 Å². The van der Waals surface area contributed by atoms with Crippen molar-refractivity contribution in [3.05, 3.63) is 39.8 Å². The molecular formula is C14H20N4O3. The van der Waals surface area contributed by atoms with Crippen LogP contribution in [0.4, 0.5) is 10.5 Å². The molecule has 21 heavy (non-hydrogen) atoms. The molecule has 1 amide bonds. The first-order valence-electron chi connectivity index (χ1n) is 6.52. The van der Waals surface area contributed by atoms with E-state index in [2.05, 4.69) is 15.3 Å². The van der Waals surface area contributed by atoms with Crippen LogP contribution in [-0.4, -0.2) is 23.4 Å². The summed E-state index contributed by atoms with van der Waals surface area (Å²) in [5.41, 5.74) is 9.95. The van der Waals surface area contributed by atoms with Gasteiger partial charge in [0, 0.05) is 10.6 Å². The molecular weight excluding hydrogens is 272 g/mol. The lowest BCUT2D eigenvalue weighted by atomic mass is 10.0. The number of aliphatic hydroxyl groups is 1. The number of rotatable bonds is 4. The first-order valence-corrected chi connectivity index (χ1v) is 6.52. The summed E-state index contributed by atoms with van der Waals surface area (Å²) >= 11 is 0. The molecule has 2 N–H and O–H groups in total. The molecule has 0 aliphatic rings. The minimum atomic E-state index is -0.635. The molecule has 0 aliphatic carbocycles. The van der Waals surface area contributed by atoms with Gasteiger partial charge in [0.25, 0.3) is 0 Å². The van der Waals surface area contributed by atoms with Crippen molar-refractivity contribution >= 4 is 11.8 Å². The Bertz CT molecular complexity index is 560. The molecule has 0 fully saturated rings. The van der Waals surface area contributed by atoms with Gasteiger partial charge in [-0.1, -0.05) is 17.2 Å². The molecule has 0 aliphatic heterocycles. The maximum atomic E-state index is 11.7. The summed E-state index contributed by atoms with van der Waals surface area (Å²) < 4.78 is 5.18. The van der Waals surface area contributed by atoms with E-state index < -0.39 is 17.7 Å². The van der Waals surface area contributed by atoms with Gasteiger partial charge >= 0.3 is 6.09 Å². The molecule has 0 aromatic heterocycles. The van der Waals surface area contributed by atoms with Gasteiger partial charge < -0.3 is 9.84 Å². The normalized spacial score (nSPS) is 12.2. The van der Waals surface area contributed by atoms with Crippen LogP contribution in [0, 0.1) is 6.92 Å². The third-order valence-electron chi connectivity index (χ3n) is 2.63. The smallest absolute Gasteiger partial charge is 0.412 e. The Hall–Kier alpha value is -2.24. The number of aryl methyl sites for hydroxylation is 1. The molecule has 1 rings (SSSR count). The molecule has 7 heteroatoms. The zero-order chi connectivity index (χ0) is 16.0. The molecule has 114 valence electrons. The number of hydrogen-bond acceptors (Lipinski definition) is 4. The number of ether oxygens (including phenoxy) is 1. The van der Waals surface area contributed by atoms with E-state index in [1.807, 2.05) is 0 Å². The summed E-state index contributed by atoms with van der Waals surface area (Å²) in [6.45, 7) is 6.89. The van der Waals surface area contributed by atoms with Gasteiger partial charge in [0.2, 0.25) is 0 Å². The van der Waals surface area contributed by atoms with E-state index >= 15 is 0 Å². The first kappa shape index (κ1) is 16.8. The van der Waals surface area contributed by atoms with Crippen LogP contribution >= 0.6 is 0 Å². The van der Waals surface area contributed by atoms with Gasteiger partial charge in [-0.2, -0.15) is 0 Å². The van der Waals surface area contributed by atoms with Crippen molar-refractivity contribution < 1.29 is 14.6 Å². The predicted molar refractivity (Wildman–Crippen MR) is 80.0 cm³/mol. The quantitative estimate of drug-likeness (QED) is 0.502. The summed E-state index contributed by atoms with van der Waals surface area (Å²) in [5, 5.41) is 15.4. The highest BCUT2D eigenvalue weighted by atomic mass is 16.6. The van der Waals surface area contributed by atoms with E-state index in [9.17, 15) is 9.90 Å². The van der Waals surface area contributed by atoms with E-state index in [0.717, 1.165) is 5.56 Å². The average molecular weight is 292 g/mol. The Labute approximate surface area is 123 Å². The van der Waals surface area contributed by atoms with Crippen LogP contribution in [0.5, 0.6) is 0 Å². The van der Waals surface area contributed by atoms with E-state index in [1.165, 1.54) is 0 Å². The van der Waals surface area contributed by atoms with Crippen LogP contribution in [-0.2, 0) is 4.74 Å². The fraction of sp³-hybridized carbons (Fsp3) is 0.500. The molecule has 7 nitrogen and oxygen atoms in total. The summed E-state index contributed by atoms with van der Waals surface area (Å²) in [6, 6.07) is 4.49. The van der Waals surface area contributed by atoms with E-state index in [1.54, 1.807) is 45.9 Å². The number of benzene rings is 1. The molecule has 1 aromatic rings. The second kappa shape index (κ2) is 6.97. The summed E-state index contributed by atoms with van der Waals surface area (Å²) in [5.74, 6) is 0. The van der Waals surface area contributed by atoms with E-state index in [-0.39, 0.29) is 6.61 Å². The number of amides is 1. The number of hydrogen-bond donors (Lipinski definition) is 2. The van der Waals surface area contributed by atoms with Crippen LogP contribution in [0.1, 0.15) is 37.9 Å². The SMILES string of the molecule is Cc1cc(C(CO)N=[N+]=[N-])ccc1NC(=O)OC(C)(C)C. The standard InChI is InChI=1S/C14H20N4O3/c1-9-7-10(12(8-19)17-18-15)5-6-11(9)16-13(20)21-14(2,3)4/h5-7,12,19H,8H2,1-4H3,(H,16,20). The van der Waals surface area contributed by atoms with Crippen LogP contribution in [0.25, 0.3) is 10.4 Å². The fourth-order valence-electron chi connectivity index (χ4n) is 1.72. The molecule has 1 unspecified atom stereocenters. The topological polar surface area (TPSA) is 107 Å². The Morgan fingerprint density at radius 3 is 2.67 bits per heavy atom. The Balaban J connectivity index is 2.88. The third kappa shape index (κ3) is 5.33. The second-order valence-corrected chi connectivity index (χ2v) is 5.60. The van der Waals surface area contributed by atoms with Gasteiger partial charge in [-0.15, -0.1) is 0 Å².